The molecule has 3 rings (SSSR count). The predicted octanol–water partition coefficient (Wildman–Crippen LogP) is 1.80. The zero-order chi connectivity index (χ0) is 10.6. The number of hydrogen-bond acceptors (Lipinski definition) is 2. The van der Waals surface area contributed by atoms with Gasteiger partial charge in [0.25, 0.3) is 0 Å². The first-order valence-electron chi connectivity index (χ1n) is 5.68. The first kappa shape index (κ1) is 10.4. The van der Waals surface area contributed by atoms with Gasteiger partial charge in [0.15, 0.2) is 0 Å². The second-order valence-corrected chi connectivity index (χ2v) is 6.31. The van der Waals surface area contributed by atoms with E-state index in [4.69, 9.17) is 0 Å². The normalized spacial score (nSPS) is 50.8. The van der Waals surface area contributed by atoms with E-state index in [-0.39, 0.29) is 23.5 Å². The first-order valence-corrected chi connectivity index (χ1v) is 5.68. The van der Waals surface area contributed by atoms with Gasteiger partial charge in [-0.15, -0.1) is 0 Å². The summed E-state index contributed by atoms with van der Waals surface area (Å²) in [6.45, 7) is 7.03. The quantitative estimate of drug-likeness (QED) is 0.674. The molecular weight excluding hydrogens is 176 g/mol. The van der Waals surface area contributed by atoms with Gasteiger partial charge in [-0.05, 0) is 41.9 Å². The van der Waals surface area contributed by atoms with Crippen molar-refractivity contribution in [3.05, 3.63) is 0 Å². The van der Waals surface area contributed by atoms with Crippen LogP contribution < -0.4 is 0 Å². The van der Waals surface area contributed by atoms with Gasteiger partial charge in [-0.3, -0.25) is 0 Å². The fourth-order valence-electron chi connectivity index (χ4n) is 4.06. The molecule has 2 heteroatoms. The number of hydrogen-bond donors (Lipinski definition) is 2. The lowest BCUT2D eigenvalue weighted by molar-refractivity contribution is -0.157. The summed E-state index contributed by atoms with van der Waals surface area (Å²) in [5.74, 6) is 0.797. The van der Waals surface area contributed by atoms with Crippen LogP contribution in [0, 0.1) is 22.7 Å². The van der Waals surface area contributed by atoms with Gasteiger partial charge in [-0.25, -0.2) is 0 Å². The van der Waals surface area contributed by atoms with Gasteiger partial charge in [0, 0.05) is 6.61 Å². The molecule has 0 heterocycles. The number of rotatable bonds is 1. The SMILES string of the molecule is CC1(C)CC2(C)CC(O)C1CC2CO. The number of fused-ring (bicyclic) bond motifs is 3. The first-order chi connectivity index (χ1) is 6.39. The van der Waals surface area contributed by atoms with E-state index in [0.717, 1.165) is 19.3 Å². The third-order valence-electron chi connectivity index (χ3n) is 4.75. The van der Waals surface area contributed by atoms with Crippen LogP contribution >= 0.6 is 0 Å². The summed E-state index contributed by atoms with van der Waals surface area (Å²) >= 11 is 0. The predicted molar refractivity (Wildman–Crippen MR) is 55.8 cm³/mol. The Hall–Kier alpha value is -0.0800. The van der Waals surface area contributed by atoms with E-state index in [1.54, 1.807) is 0 Å². The molecule has 3 aliphatic carbocycles. The smallest absolute Gasteiger partial charge is 0.0578 e. The molecule has 0 saturated heterocycles. The fourth-order valence-corrected chi connectivity index (χ4v) is 4.06. The Morgan fingerprint density at radius 2 is 1.93 bits per heavy atom. The second kappa shape index (κ2) is 2.96. The van der Waals surface area contributed by atoms with Crippen LogP contribution in [-0.2, 0) is 0 Å². The molecule has 3 fully saturated rings. The van der Waals surface area contributed by atoms with Crippen LogP contribution in [0.25, 0.3) is 0 Å². The molecule has 0 aliphatic heterocycles. The molecule has 2 N–H and O–H groups in total. The number of aliphatic hydroxyl groups excluding tert-OH is 2. The van der Waals surface area contributed by atoms with E-state index < -0.39 is 0 Å². The highest BCUT2D eigenvalue weighted by Gasteiger charge is 2.55. The molecule has 4 unspecified atom stereocenters. The van der Waals surface area contributed by atoms with Gasteiger partial charge < -0.3 is 10.2 Å². The minimum absolute atomic E-state index is 0.147. The van der Waals surface area contributed by atoms with Crippen molar-refractivity contribution >= 4 is 0 Å². The molecule has 0 aromatic rings. The maximum Gasteiger partial charge on any atom is 0.0578 e. The van der Waals surface area contributed by atoms with Crippen LogP contribution in [-0.4, -0.2) is 22.9 Å². The fraction of sp³-hybridized carbons (Fsp3) is 1.00. The standard InChI is InChI=1S/C12H22O2/c1-11(2)7-12(3)5-10(14)9(11)4-8(12)6-13/h8-10,13-14H,4-7H2,1-3H3. The lowest BCUT2D eigenvalue weighted by atomic mass is 9.47. The lowest BCUT2D eigenvalue weighted by Gasteiger charge is -2.59. The van der Waals surface area contributed by atoms with Gasteiger partial charge in [0.1, 0.15) is 0 Å². The third kappa shape index (κ3) is 1.31. The Morgan fingerprint density at radius 3 is 2.36 bits per heavy atom. The molecule has 0 aromatic carbocycles. The van der Waals surface area contributed by atoms with Gasteiger partial charge in [-0.1, -0.05) is 20.8 Å². The highest BCUT2D eigenvalue weighted by Crippen LogP contribution is 2.60. The van der Waals surface area contributed by atoms with Crippen LogP contribution in [0.5, 0.6) is 0 Å². The molecular formula is C12H22O2. The molecule has 4 atom stereocenters. The van der Waals surface area contributed by atoms with Crippen molar-refractivity contribution in [2.24, 2.45) is 22.7 Å². The van der Waals surface area contributed by atoms with Crippen molar-refractivity contribution in [1.29, 1.82) is 0 Å². The van der Waals surface area contributed by atoms with Gasteiger partial charge in [0.2, 0.25) is 0 Å². The Labute approximate surface area is 86.3 Å². The second-order valence-electron chi connectivity index (χ2n) is 6.31. The third-order valence-corrected chi connectivity index (χ3v) is 4.75. The van der Waals surface area contributed by atoms with Crippen molar-refractivity contribution < 1.29 is 10.2 Å². The molecule has 0 amide bonds. The molecule has 0 aromatic heterocycles. The summed E-state index contributed by atoms with van der Waals surface area (Å²) < 4.78 is 0. The minimum atomic E-state index is -0.147. The molecule has 2 bridgehead atoms. The van der Waals surface area contributed by atoms with Crippen molar-refractivity contribution in [3.8, 4) is 0 Å². The van der Waals surface area contributed by atoms with Crippen LogP contribution in [0.3, 0.4) is 0 Å². The van der Waals surface area contributed by atoms with Crippen molar-refractivity contribution in [3.63, 3.8) is 0 Å². The van der Waals surface area contributed by atoms with Crippen LogP contribution in [0.4, 0.5) is 0 Å². The van der Waals surface area contributed by atoms with Gasteiger partial charge in [-0.2, -0.15) is 0 Å². The molecule has 0 spiro atoms. The van der Waals surface area contributed by atoms with E-state index >= 15 is 0 Å². The van der Waals surface area contributed by atoms with Crippen molar-refractivity contribution in [1.82, 2.24) is 0 Å². The van der Waals surface area contributed by atoms with Crippen molar-refractivity contribution in [2.45, 2.75) is 46.1 Å². The average molecular weight is 198 g/mol. The molecule has 3 saturated carbocycles. The van der Waals surface area contributed by atoms with E-state index in [2.05, 4.69) is 20.8 Å². The lowest BCUT2D eigenvalue weighted by Crippen LogP contribution is -2.56. The zero-order valence-electron chi connectivity index (χ0n) is 9.45. The Bertz CT molecular complexity index is 236. The largest absolute Gasteiger partial charge is 0.396 e. The Kier molecular flexibility index (Phi) is 2.20. The number of aliphatic hydroxyl groups is 2. The topological polar surface area (TPSA) is 40.5 Å². The van der Waals surface area contributed by atoms with E-state index in [1.165, 1.54) is 0 Å². The van der Waals surface area contributed by atoms with Gasteiger partial charge >= 0.3 is 0 Å². The summed E-state index contributed by atoms with van der Waals surface area (Å²) in [5.41, 5.74) is 0.407. The summed E-state index contributed by atoms with van der Waals surface area (Å²) in [5, 5.41) is 19.4. The summed E-state index contributed by atoms with van der Waals surface area (Å²) in [6.07, 6.45) is 2.88. The average Bonchev–Trinajstić information content (AvgIpc) is 1.99. The molecule has 14 heavy (non-hydrogen) atoms. The van der Waals surface area contributed by atoms with Crippen LogP contribution in [0.2, 0.25) is 0 Å². The molecule has 82 valence electrons. The maximum atomic E-state index is 10.0. The molecule has 3 aliphatic rings. The van der Waals surface area contributed by atoms with Crippen LogP contribution in [0.15, 0.2) is 0 Å². The summed E-state index contributed by atoms with van der Waals surface area (Å²) in [7, 11) is 0. The molecule has 0 radical (unpaired) electrons. The Balaban J connectivity index is 2.29. The highest BCUT2D eigenvalue weighted by molar-refractivity contribution is 5.05. The maximum absolute atomic E-state index is 10.0. The van der Waals surface area contributed by atoms with E-state index in [9.17, 15) is 10.2 Å². The van der Waals surface area contributed by atoms with E-state index in [1.807, 2.05) is 0 Å². The van der Waals surface area contributed by atoms with Crippen molar-refractivity contribution in [2.75, 3.05) is 6.61 Å². The van der Waals surface area contributed by atoms with Gasteiger partial charge in [0.05, 0.1) is 6.10 Å². The zero-order valence-corrected chi connectivity index (χ0v) is 9.45. The molecule has 2 nitrogen and oxygen atoms in total. The monoisotopic (exact) mass is 198 g/mol. The Morgan fingerprint density at radius 1 is 1.29 bits per heavy atom. The summed E-state index contributed by atoms with van der Waals surface area (Å²) in [4.78, 5) is 0. The summed E-state index contributed by atoms with van der Waals surface area (Å²) in [6, 6.07) is 0. The van der Waals surface area contributed by atoms with Crippen LogP contribution in [0.1, 0.15) is 40.0 Å². The van der Waals surface area contributed by atoms with E-state index in [0.29, 0.717) is 11.8 Å². The highest BCUT2D eigenvalue weighted by atomic mass is 16.3. The minimum Gasteiger partial charge on any atom is -0.396 e.